The summed E-state index contributed by atoms with van der Waals surface area (Å²) in [6.07, 6.45) is 0. The number of Topliss-reactive ketones (excluding diaryl/α,β-unsaturated/α-hetero) is 1. The first-order chi connectivity index (χ1) is 7.42. The first-order valence-electron chi connectivity index (χ1n) is 5.88. The molecular weight excluding hydrogens is 236 g/mol. The molecule has 0 bridgehead atoms. The quantitative estimate of drug-likeness (QED) is 0.575. The average Bonchev–Trinajstić information content (AvgIpc) is 2.10. The average molecular weight is 260 g/mol. The van der Waals surface area contributed by atoms with E-state index in [4.69, 9.17) is 13.9 Å². The molecule has 1 heterocycles. The highest BCUT2D eigenvalue weighted by atomic mass is 28.4. The van der Waals surface area contributed by atoms with E-state index in [-0.39, 0.29) is 5.78 Å². The molecule has 4 nitrogen and oxygen atoms in total. The van der Waals surface area contributed by atoms with Crippen LogP contribution < -0.4 is 0 Å². The van der Waals surface area contributed by atoms with Crippen LogP contribution >= 0.6 is 0 Å². The largest absolute Gasteiger partial charge is 0.386 e. The van der Waals surface area contributed by atoms with E-state index in [1.165, 1.54) is 6.92 Å². The highest BCUT2D eigenvalue weighted by Crippen LogP contribution is 2.54. The maximum atomic E-state index is 11.8. The SMILES string of the molecule is COC1(O[Si](C)(C)C)C(C)(C)OC1(C)C(C)=O. The maximum absolute atomic E-state index is 11.8. The minimum atomic E-state index is -1.86. The molecule has 0 spiro atoms. The molecule has 1 aliphatic heterocycles. The zero-order chi connectivity index (χ0) is 13.7. The van der Waals surface area contributed by atoms with Gasteiger partial charge in [-0.15, -0.1) is 0 Å². The van der Waals surface area contributed by atoms with E-state index in [9.17, 15) is 4.79 Å². The number of ketones is 1. The minimum absolute atomic E-state index is 0.0723. The standard InChI is InChI=1S/C12H24O4Si/c1-9(13)11(4)12(14-5,10(2,3)15-11)16-17(6,7)8/h1-8H3. The predicted octanol–water partition coefficient (Wildman–Crippen LogP) is 2.34. The summed E-state index contributed by atoms with van der Waals surface area (Å²) in [5.41, 5.74) is -1.64. The van der Waals surface area contributed by atoms with Crippen molar-refractivity contribution in [3.63, 3.8) is 0 Å². The normalized spacial score (nSPS) is 36.5. The lowest BCUT2D eigenvalue weighted by atomic mass is 9.73. The summed E-state index contributed by atoms with van der Waals surface area (Å²) < 4.78 is 17.5. The predicted molar refractivity (Wildman–Crippen MR) is 68.4 cm³/mol. The van der Waals surface area contributed by atoms with E-state index in [2.05, 4.69) is 19.6 Å². The van der Waals surface area contributed by atoms with Crippen LogP contribution in [0, 0.1) is 0 Å². The Morgan fingerprint density at radius 1 is 1.18 bits per heavy atom. The molecule has 17 heavy (non-hydrogen) atoms. The molecule has 0 saturated carbocycles. The van der Waals surface area contributed by atoms with Crippen LogP contribution in [0.2, 0.25) is 19.6 Å². The molecular formula is C12H24O4Si. The summed E-state index contributed by atoms with van der Waals surface area (Å²) in [6, 6.07) is 0. The molecule has 2 atom stereocenters. The summed E-state index contributed by atoms with van der Waals surface area (Å²) in [7, 11) is -0.289. The number of carbonyl (C=O) groups excluding carboxylic acids is 1. The van der Waals surface area contributed by atoms with Crippen LogP contribution in [-0.4, -0.2) is 38.2 Å². The number of methoxy groups -OCH3 is 1. The third-order valence-electron chi connectivity index (χ3n) is 3.29. The lowest BCUT2D eigenvalue weighted by molar-refractivity contribution is -0.446. The van der Waals surface area contributed by atoms with Crippen molar-refractivity contribution < 1.29 is 18.7 Å². The van der Waals surface area contributed by atoms with Gasteiger partial charge in [0.25, 0.3) is 0 Å². The first kappa shape index (κ1) is 14.8. The molecule has 0 aromatic rings. The fourth-order valence-corrected chi connectivity index (χ4v) is 4.00. The Balaban J connectivity index is 3.20. The zero-order valence-corrected chi connectivity index (χ0v) is 13.1. The van der Waals surface area contributed by atoms with E-state index in [1.54, 1.807) is 14.0 Å². The second-order valence-corrected chi connectivity index (χ2v) is 10.7. The van der Waals surface area contributed by atoms with Crippen molar-refractivity contribution in [3.8, 4) is 0 Å². The molecule has 0 aliphatic carbocycles. The Kier molecular flexibility index (Phi) is 3.38. The van der Waals surface area contributed by atoms with E-state index in [1.807, 2.05) is 13.8 Å². The molecule has 1 aliphatic rings. The van der Waals surface area contributed by atoms with Crippen LogP contribution in [-0.2, 0) is 18.7 Å². The molecule has 100 valence electrons. The fraction of sp³-hybridized carbons (Fsp3) is 0.917. The van der Waals surface area contributed by atoms with E-state index >= 15 is 0 Å². The van der Waals surface area contributed by atoms with Crippen molar-refractivity contribution in [2.75, 3.05) is 7.11 Å². The summed E-state index contributed by atoms with van der Waals surface area (Å²) in [5.74, 6) is -1.06. The van der Waals surface area contributed by atoms with Gasteiger partial charge in [0.1, 0.15) is 5.60 Å². The van der Waals surface area contributed by atoms with E-state index in [0.29, 0.717) is 0 Å². The van der Waals surface area contributed by atoms with Gasteiger partial charge in [-0.25, -0.2) is 0 Å². The van der Waals surface area contributed by atoms with Gasteiger partial charge in [0.2, 0.25) is 5.79 Å². The van der Waals surface area contributed by atoms with Crippen LogP contribution in [0.3, 0.4) is 0 Å². The van der Waals surface area contributed by atoms with Gasteiger partial charge in [-0.3, -0.25) is 4.79 Å². The molecule has 0 N–H and O–H groups in total. The van der Waals surface area contributed by atoms with Crippen LogP contribution in [0.4, 0.5) is 0 Å². The lowest BCUT2D eigenvalue weighted by Crippen LogP contribution is -2.83. The number of rotatable bonds is 4. The summed E-state index contributed by atoms with van der Waals surface area (Å²) >= 11 is 0. The van der Waals surface area contributed by atoms with E-state index < -0.39 is 25.3 Å². The van der Waals surface area contributed by atoms with Gasteiger partial charge in [0, 0.05) is 7.11 Å². The van der Waals surface area contributed by atoms with Crippen LogP contribution in [0.1, 0.15) is 27.7 Å². The lowest BCUT2D eigenvalue weighted by Gasteiger charge is -2.65. The van der Waals surface area contributed by atoms with Crippen molar-refractivity contribution in [1.82, 2.24) is 0 Å². The molecule has 0 aromatic heterocycles. The van der Waals surface area contributed by atoms with Crippen molar-refractivity contribution in [2.45, 2.75) is 64.3 Å². The highest BCUT2D eigenvalue weighted by molar-refractivity contribution is 6.69. The Morgan fingerprint density at radius 2 is 1.65 bits per heavy atom. The number of hydrogen-bond donors (Lipinski definition) is 0. The van der Waals surface area contributed by atoms with Gasteiger partial charge >= 0.3 is 0 Å². The second kappa shape index (κ2) is 3.88. The Bertz CT molecular complexity index is 334. The minimum Gasteiger partial charge on any atom is -0.386 e. The molecule has 0 radical (unpaired) electrons. The molecule has 2 unspecified atom stereocenters. The van der Waals surface area contributed by atoms with Gasteiger partial charge in [-0.2, -0.15) is 0 Å². The summed E-state index contributed by atoms with van der Waals surface area (Å²) in [6.45, 7) is 13.2. The molecule has 0 aromatic carbocycles. The zero-order valence-electron chi connectivity index (χ0n) is 12.1. The second-order valence-electron chi connectivity index (χ2n) is 6.24. The monoisotopic (exact) mass is 260 g/mol. The molecule has 0 amide bonds. The van der Waals surface area contributed by atoms with Gasteiger partial charge in [0.15, 0.2) is 19.7 Å². The summed E-state index contributed by atoms with van der Waals surface area (Å²) in [5, 5.41) is 0. The highest BCUT2D eigenvalue weighted by Gasteiger charge is 2.75. The van der Waals surface area contributed by atoms with Gasteiger partial charge in [-0.1, -0.05) is 0 Å². The summed E-state index contributed by atoms with van der Waals surface area (Å²) in [4.78, 5) is 11.8. The van der Waals surface area contributed by atoms with Crippen molar-refractivity contribution >= 4 is 14.1 Å². The van der Waals surface area contributed by atoms with Crippen molar-refractivity contribution in [2.24, 2.45) is 0 Å². The topological polar surface area (TPSA) is 44.8 Å². The third kappa shape index (κ3) is 1.99. The number of carbonyl (C=O) groups is 1. The molecule has 1 rings (SSSR count). The molecule has 5 heteroatoms. The molecule has 1 fully saturated rings. The Hall–Kier alpha value is -0.233. The Labute approximate surface area is 105 Å². The van der Waals surface area contributed by atoms with Crippen LogP contribution in [0.5, 0.6) is 0 Å². The Morgan fingerprint density at radius 3 is 1.88 bits per heavy atom. The number of ether oxygens (including phenoxy) is 2. The van der Waals surface area contributed by atoms with Crippen LogP contribution in [0.15, 0.2) is 0 Å². The van der Waals surface area contributed by atoms with Gasteiger partial charge in [0.05, 0.1) is 0 Å². The smallest absolute Gasteiger partial charge is 0.224 e. The third-order valence-corrected chi connectivity index (χ3v) is 4.19. The fourth-order valence-electron chi connectivity index (χ4n) is 2.61. The van der Waals surface area contributed by atoms with E-state index in [0.717, 1.165) is 0 Å². The first-order valence-corrected chi connectivity index (χ1v) is 9.29. The number of hydrogen-bond acceptors (Lipinski definition) is 4. The van der Waals surface area contributed by atoms with Gasteiger partial charge in [-0.05, 0) is 47.3 Å². The maximum Gasteiger partial charge on any atom is 0.224 e. The van der Waals surface area contributed by atoms with Crippen molar-refractivity contribution in [1.29, 1.82) is 0 Å². The van der Waals surface area contributed by atoms with Gasteiger partial charge < -0.3 is 13.9 Å². The van der Waals surface area contributed by atoms with Crippen molar-refractivity contribution in [3.05, 3.63) is 0 Å². The van der Waals surface area contributed by atoms with Crippen LogP contribution in [0.25, 0.3) is 0 Å². The molecule has 1 saturated heterocycles.